The summed E-state index contributed by atoms with van der Waals surface area (Å²) in [6.07, 6.45) is 1.25. The summed E-state index contributed by atoms with van der Waals surface area (Å²) in [5.74, 6) is 0.226. The zero-order valence-electron chi connectivity index (χ0n) is 22.6. The van der Waals surface area contributed by atoms with Crippen molar-refractivity contribution in [3.05, 3.63) is 23.7 Å². The van der Waals surface area contributed by atoms with E-state index in [9.17, 15) is 15.3 Å². The van der Waals surface area contributed by atoms with Gasteiger partial charge < -0.3 is 30.7 Å². The Morgan fingerprint density at radius 1 is 1.14 bits per heavy atom. The highest BCUT2D eigenvalue weighted by atomic mass is 32.1. The van der Waals surface area contributed by atoms with Crippen LogP contribution in [0.15, 0.2) is 12.3 Å². The largest absolute Gasteiger partial charge is 0.390 e. The summed E-state index contributed by atoms with van der Waals surface area (Å²) < 4.78 is 6.77. The van der Waals surface area contributed by atoms with Crippen LogP contribution in [-0.4, -0.2) is 71.4 Å². The average molecular weight is 531 g/mol. The normalized spacial score (nSPS) is 22.5. The fourth-order valence-electron chi connectivity index (χ4n) is 4.70. The quantitative estimate of drug-likeness (QED) is 0.216. The van der Waals surface area contributed by atoms with Crippen molar-refractivity contribution >= 4 is 33.3 Å². The molecule has 3 atom stereocenters. The van der Waals surface area contributed by atoms with E-state index in [1.807, 2.05) is 40.7 Å². The number of nitrogens with one attached hydrogen (secondary N) is 2. The maximum atomic E-state index is 11.5. The molecule has 0 unspecified atom stereocenters. The Hall–Kier alpha value is -2.44. The standard InChI is InChI=1S/C26H38N6O4S/c1-14-18(22-30-19-15(2)27-11-9-17(19)37-22)21(31-23(29-14)28-12-13-36-24(3,4)5)32-26(35)10-8-16(20(26)33)25(6,7)34/h9,11,16,20,33-35H,8,10,12-13H2,1-7H3,(H2,28,29,31,32)/t16-,20+,26+/m0/s1. The van der Waals surface area contributed by atoms with Crippen molar-refractivity contribution in [2.75, 3.05) is 23.8 Å². The highest BCUT2D eigenvalue weighted by Crippen LogP contribution is 2.43. The third-order valence-corrected chi connectivity index (χ3v) is 7.70. The van der Waals surface area contributed by atoms with Crippen LogP contribution in [0, 0.1) is 19.8 Å². The Balaban J connectivity index is 1.72. The second-order valence-corrected chi connectivity index (χ2v) is 12.3. The summed E-state index contributed by atoms with van der Waals surface area (Å²) in [5, 5.41) is 40.0. The Morgan fingerprint density at radius 3 is 2.49 bits per heavy atom. The number of aryl methyl sites for hydroxylation is 2. The molecule has 0 saturated heterocycles. The van der Waals surface area contributed by atoms with Gasteiger partial charge in [-0.25, -0.2) is 9.97 Å². The van der Waals surface area contributed by atoms with Gasteiger partial charge in [-0.2, -0.15) is 4.98 Å². The molecule has 1 fully saturated rings. The van der Waals surface area contributed by atoms with Crippen LogP contribution in [0.3, 0.4) is 0 Å². The maximum Gasteiger partial charge on any atom is 0.224 e. The lowest BCUT2D eigenvalue weighted by atomic mass is 9.87. The summed E-state index contributed by atoms with van der Waals surface area (Å²) >= 11 is 1.49. The number of fused-ring (bicyclic) bond motifs is 1. The number of anilines is 2. The predicted octanol–water partition coefficient (Wildman–Crippen LogP) is 3.63. The molecule has 202 valence electrons. The molecule has 10 nitrogen and oxygen atoms in total. The van der Waals surface area contributed by atoms with Crippen molar-refractivity contribution in [3.63, 3.8) is 0 Å². The van der Waals surface area contributed by atoms with Crippen LogP contribution >= 0.6 is 11.3 Å². The van der Waals surface area contributed by atoms with Gasteiger partial charge in [0.05, 0.1) is 39.5 Å². The number of aliphatic hydroxyl groups is 3. The molecule has 3 aromatic rings. The molecule has 1 aliphatic rings. The smallest absolute Gasteiger partial charge is 0.224 e. The monoisotopic (exact) mass is 530 g/mol. The zero-order valence-corrected chi connectivity index (χ0v) is 23.4. The second kappa shape index (κ2) is 10.0. The topological polar surface area (TPSA) is 146 Å². The molecular weight excluding hydrogens is 492 g/mol. The SMILES string of the molecule is Cc1nc(NCCOC(C)(C)C)nc(N[C@@]2(O)CC[C@H](C(C)(C)O)[C@H]2O)c1-c1nc2c(C)nccc2s1. The fraction of sp³-hybridized carbons (Fsp3) is 0.615. The Bertz CT molecular complexity index is 1270. The number of ether oxygens (including phenoxy) is 1. The number of aliphatic hydroxyl groups excluding tert-OH is 1. The molecule has 3 aromatic heterocycles. The molecule has 37 heavy (non-hydrogen) atoms. The van der Waals surface area contributed by atoms with E-state index in [1.165, 1.54) is 11.3 Å². The number of rotatable bonds is 8. The Labute approximate surface area is 221 Å². The third kappa shape index (κ3) is 6.01. The van der Waals surface area contributed by atoms with E-state index in [0.29, 0.717) is 47.6 Å². The number of nitrogens with zero attached hydrogens (tertiary/aromatic N) is 4. The summed E-state index contributed by atoms with van der Waals surface area (Å²) in [4.78, 5) is 18.5. The Morgan fingerprint density at radius 2 is 1.86 bits per heavy atom. The molecule has 4 rings (SSSR count). The van der Waals surface area contributed by atoms with Gasteiger partial charge in [-0.05, 0) is 67.4 Å². The minimum atomic E-state index is -1.68. The molecule has 0 amide bonds. The van der Waals surface area contributed by atoms with Gasteiger partial charge in [-0.1, -0.05) is 0 Å². The molecule has 0 radical (unpaired) electrons. The van der Waals surface area contributed by atoms with E-state index in [2.05, 4.69) is 20.6 Å². The van der Waals surface area contributed by atoms with Gasteiger partial charge in [-0.15, -0.1) is 11.3 Å². The van der Waals surface area contributed by atoms with Gasteiger partial charge in [0.2, 0.25) is 5.95 Å². The highest BCUT2D eigenvalue weighted by molar-refractivity contribution is 7.21. The van der Waals surface area contributed by atoms with Crippen LogP contribution < -0.4 is 10.6 Å². The molecule has 3 heterocycles. The first-order chi connectivity index (χ1) is 17.2. The minimum absolute atomic E-state index is 0.246. The van der Waals surface area contributed by atoms with Crippen molar-refractivity contribution in [1.82, 2.24) is 19.9 Å². The van der Waals surface area contributed by atoms with Crippen molar-refractivity contribution in [2.45, 2.75) is 84.3 Å². The van der Waals surface area contributed by atoms with Crippen molar-refractivity contribution in [1.29, 1.82) is 0 Å². The van der Waals surface area contributed by atoms with Crippen LogP contribution in [0.1, 0.15) is 58.8 Å². The van der Waals surface area contributed by atoms with E-state index in [0.717, 1.165) is 15.9 Å². The van der Waals surface area contributed by atoms with Crippen LogP contribution in [-0.2, 0) is 4.74 Å². The first-order valence-electron chi connectivity index (χ1n) is 12.6. The van der Waals surface area contributed by atoms with Crippen molar-refractivity contribution in [3.8, 4) is 10.6 Å². The molecule has 11 heteroatoms. The molecule has 1 aliphatic carbocycles. The molecule has 0 aliphatic heterocycles. The van der Waals surface area contributed by atoms with E-state index in [-0.39, 0.29) is 12.0 Å². The second-order valence-electron chi connectivity index (χ2n) is 11.3. The molecule has 1 saturated carbocycles. The van der Waals surface area contributed by atoms with Gasteiger partial charge in [0.25, 0.3) is 0 Å². The van der Waals surface area contributed by atoms with Crippen LogP contribution in [0.5, 0.6) is 0 Å². The number of aromatic nitrogens is 4. The van der Waals surface area contributed by atoms with E-state index in [1.54, 1.807) is 20.0 Å². The van der Waals surface area contributed by atoms with Gasteiger partial charge >= 0.3 is 0 Å². The van der Waals surface area contributed by atoms with Gasteiger partial charge in [0, 0.05) is 18.7 Å². The zero-order chi connectivity index (χ0) is 27.2. The third-order valence-electron chi connectivity index (χ3n) is 6.66. The van der Waals surface area contributed by atoms with Crippen LogP contribution in [0.25, 0.3) is 20.8 Å². The summed E-state index contributed by atoms with van der Waals surface area (Å²) in [6.45, 7) is 14.0. The lowest BCUT2D eigenvalue weighted by Gasteiger charge is -2.34. The number of hydrogen-bond acceptors (Lipinski definition) is 11. The fourth-order valence-corrected chi connectivity index (χ4v) is 5.81. The molecule has 5 N–H and O–H groups in total. The first kappa shape index (κ1) is 27.6. The van der Waals surface area contributed by atoms with Crippen molar-refractivity contribution in [2.24, 2.45) is 5.92 Å². The summed E-state index contributed by atoms with van der Waals surface area (Å²) in [7, 11) is 0. The van der Waals surface area contributed by atoms with E-state index >= 15 is 0 Å². The number of hydrogen-bond donors (Lipinski definition) is 5. The summed E-state index contributed by atoms with van der Waals surface area (Å²) in [6, 6.07) is 1.92. The van der Waals surface area contributed by atoms with Gasteiger partial charge in [0.15, 0.2) is 5.72 Å². The first-order valence-corrected chi connectivity index (χ1v) is 13.4. The average Bonchev–Trinajstić information content (AvgIpc) is 3.32. The van der Waals surface area contributed by atoms with Crippen molar-refractivity contribution < 1.29 is 20.1 Å². The molecule has 0 aromatic carbocycles. The lowest BCUT2D eigenvalue weighted by molar-refractivity contribution is -0.0926. The number of pyridine rings is 1. The lowest BCUT2D eigenvalue weighted by Crippen LogP contribution is -2.51. The van der Waals surface area contributed by atoms with Gasteiger partial charge in [0.1, 0.15) is 22.4 Å². The number of thiazole rings is 1. The molecular formula is C26H38N6O4S. The Kier molecular flexibility index (Phi) is 7.48. The maximum absolute atomic E-state index is 11.5. The van der Waals surface area contributed by atoms with E-state index in [4.69, 9.17) is 14.7 Å². The summed E-state index contributed by atoms with van der Waals surface area (Å²) in [5.41, 5.74) is -0.151. The van der Waals surface area contributed by atoms with E-state index < -0.39 is 23.3 Å². The minimum Gasteiger partial charge on any atom is -0.390 e. The van der Waals surface area contributed by atoms with Crippen LogP contribution in [0.2, 0.25) is 0 Å². The predicted molar refractivity (Wildman–Crippen MR) is 146 cm³/mol. The highest BCUT2D eigenvalue weighted by Gasteiger charge is 2.52. The van der Waals surface area contributed by atoms with Gasteiger partial charge in [-0.3, -0.25) is 4.98 Å². The van der Waals surface area contributed by atoms with Crippen LogP contribution in [0.4, 0.5) is 11.8 Å². The molecule has 0 spiro atoms. The molecule has 0 bridgehead atoms.